The molecule has 2 aliphatic heterocycles. The number of hydrogen-bond donors (Lipinski definition) is 0. The number of rotatable bonds is 7. The number of fused-ring (bicyclic) bond motifs is 2. The van der Waals surface area contributed by atoms with E-state index in [9.17, 15) is 18.0 Å². The Hall–Kier alpha value is -2.93. The zero-order chi connectivity index (χ0) is 26.0. The number of carbonyl (C=O) groups excluding carboxylic acids is 1. The number of piperidine rings is 1. The molecule has 194 valence electrons. The summed E-state index contributed by atoms with van der Waals surface area (Å²) in [6, 6.07) is 21.4. The van der Waals surface area contributed by atoms with E-state index in [2.05, 4.69) is 31.2 Å². The van der Waals surface area contributed by atoms with E-state index in [4.69, 9.17) is 4.74 Å². The molecule has 0 saturated carbocycles. The summed E-state index contributed by atoms with van der Waals surface area (Å²) in [5.41, 5.74) is 2.48. The third-order valence-electron chi connectivity index (χ3n) is 7.34. The van der Waals surface area contributed by atoms with Crippen molar-refractivity contribution in [3.8, 4) is 5.75 Å². The first-order valence-electron chi connectivity index (χ1n) is 12.8. The molecule has 0 unspecified atom stereocenters. The highest BCUT2D eigenvalue weighted by molar-refractivity contribution is 7.98. The Bertz CT molecular complexity index is 1230. The molecule has 2 saturated heterocycles. The summed E-state index contributed by atoms with van der Waals surface area (Å²) in [6.07, 6.45) is -0.554. The standard InChI is InChI=1S/C30H30F3NO2S/c1-2-21-6-3-4-9-28(21)37-19-20-10-12-22(13-11-20)29(35)34-24-14-15-25(34)18-27(17-24)36-26-8-5-7-23(16-26)30(31,32)33/h3-13,16,24-25,27H,2,14-15,17-19H2,1H3/t24-,25-/m0/s1. The van der Waals surface area contributed by atoms with Gasteiger partial charge in [-0.2, -0.15) is 13.2 Å². The van der Waals surface area contributed by atoms with Crippen LogP contribution in [0.5, 0.6) is 5.75 Å². The van der Waals surface area contributed by atoms with Crippen molar-refractivity contribution >= 4 is 17.7 Å². The zero-order valence-electron chi connectivity index (χ0n) is 20.7. The van der Waals surface area contributed by atoms with Crippen LogP contribution in [0.3, 0.4) is 0 Å². The van der Waals surface area contributed by atoms with Crippen LogP contribution in [-0.2, 0) is 18.3 Å². The molecular formula is C30H30F3NO2S. The van der Waals surface area contributed by atoms with E-state index in [0.29, 0.717) is 18.4 Å². The van der Waals surface area contributed by atoms with Gasteiger partial charge in [0.1, 0.15) is 11.9 Å². The van der Waals surface area contributed by atoms with Gasteiger partial charge in [0, 0.05) is 41.1 Å². The highest BCUT2D eigenvalue weighted by Gasteiger charge is 2.44. The predicted octanol–water partition coefficient (Wildman–Crippen LogP) is 7.77. The lowest BCUT2D eigenvalue weighted by Gasteiger charge is -2.39. The maximum atomic E-state index is 13.4. The van der Waals surface area contributed by atoms with Gasteiger partial charge >= 0.3 is 6.18 Å². The van der Waals surface area contributed by atoms with Crippen LogP contribution in [0.15, 0.2) is 77.7 Å². The largest absolute Gasteiger partial charge is 0.490 e. The Morgan fingerprint density at radius 3 is 2.35 bits per heavy atom. The van der Waals surface area contributed by atoms with E-state index in [1.54, 1.807) is 6.07 Å². The lowest BCUT2D eigenvalue weighted by molar-refractivity contribution is -0.137. The van der Waals surface area contributed by atoms with Crippen LogP contribution in [0.25, 0.3) is 0 Å². The molecule has 0 radical (unpaired) electrons. The van der Waals surface area contributed by atoms with Crippen molar-refractivity contribution < 1.29 is 22.7 Å². The molecule has 5 rings (SSSR count). The first-order chi connectivity index (χ1) is 17.8. The minimum absolute atomic E-state index is 0.0283. The van der Waals surface area contributed by atoms with Crippen molar-refractivity contribution in [1.29, 1.82) is 0 Å². The van der Waals surface area contributed by atoms with Crippen molar-refractivity contribution in [3.63, 3.8) is 0 Å². The number of ether oxygens (including phenoxy) is 1. The molecule has 0 spiro atoms. The van der Waals surface area contributed by atoms with Crippen LogP contribution in [0.2, 0.25) is 0 Å². The highest BCUT2D eigenvalue weighted by Crippen LogP contribution is 2.39. The first-order valence-corrected chi connectivity index (χ1v) is 13.8. The van der Waals surface area contributed by atoms with Gasteiger partial charge in [-0.25, -0.2) is 0 Å². The van der Waals surface area contributed by atoms with Crippen molar-refractivity contribution in [2.24, 2.45) is 0 Å². The maximum absolute atomic E-state index is 13.4. The fraction of sp³-hybridized carbons (Fsp3) is 0.367. The molecule has 3 aromatic rings. The number of halogens is 3. The van der Waals surface area contributed by atoms with Crippen LogP contribution >= 0.6 is 11.8 Å². The number of aryl methyl sites for hydroxylation is 1. The van der Waals surface area contributed by atoms with E-state index in [-0.39, 0.29) is 29.8 Å². The molecule has 2 aliphatic rings. The van der Waals surface area contributed by atoms with Gasteiger partial charge in [-0.3, -0.25) is 4.79 Å². The zero-order valence-corrected chi connectivity index (χ0v) is 21.5. The summed E-state index contributed by atoms with van der Waals surface area (Å²) >= 11 is 1.81. The average molecular weight is 526 g/mol. The van der Waals surface area contributed by atoms with Gasteiger partial charge < -0.3 is 9.64 Å². The lowest BCUT2D eigenvalue weighted by Crippen LogP contribution is -2.49. The number of alkyl halides is 3. The normalized spacial score (nSPS) is 21.2. The smallest absolute Gasteiger partial charge is 0.416 e. The second kappa shape index (κ2) is 10.8. The van der Waals surface area contributed by atoms with E-state index < -0.39 is 11.7 Å². The quantitative estimate of drug-likeness (QED) is 0.295. The van der Waals surface area contributed by atoms with Crippen LogP contribution in [0, 0.1) is 0 Å². The Balaban J connectivity index is 1.20. The third-order valence-corrected chi connectivity index (χ3v) is 8.52. The molecule has 0 aliphatic carbocycles. The second-order valence-corrected chi connectivity index (χ2v) is 10.8. The molecule has 37 heavy (non-hydrogen) atoms. The molecule has 3 aromatic carbocycles. The van der Waals surface area contributed by atoms with Gasteiger partial charge in [0.25, 0.3) is 5.91 Å². The molecular weight excluding hydrogens is 495 g/mol. The van der Waals surface area contributed by atoms with Crippen LogP contribution in [0.1, 0.15) is 59.7 Å². The van der Waals surface area contributed by atoms with Gasteiger partial charge in [-0.15, -0.1) is 11.8 Å². The van der Waals surface area contributed by atoms with Crippen molar-refractivity contribution in [3.05, 3.63) is 95.1 Å². The van der Waals surface area contributed by atoms with Gasteiger partial charge in [0.15, 0.2) is 0 Å². The number of nitrogens with zero attached hydrogens (tertiary/aromatic N) is 1. The third kappa shape index (κ3) is 5.82. The molecule has 0 N–H and O–H groups in total. The topological polar surface area (TPSA) is 29.5 Å². The molecule has 2 bridgehead atoms. The number of benzene rings is 3. The summed E-state index contributed by atoms with van der Waals surface area (Å²) in [7, 11) is 0. The van der Waals surface area contributed by atoms with Gasteiger partial charge in [-0.1, -0.05) is 43.3 Å². The Labute approximate surface area is 220 Å². The highest BCUT2D eigenvalue weighted by atomic mass is 32.2. The SMILES string of the molecule is CCc1ccccc1SCc1ccc(C(=O)N2[C@H]3CC[C@H]2CC(Oc2cccc(C(F)(F)F)c2)C3)cc1. The molecule has 1 amide bonds. The lowest BCUT2D eigenvalue weighted by atomic mass is 9.98. The molecule has 2 fully saturated rings. The number of thioether (sulfide) groups is 1. The van der Waals surface area contributed by atoms with Gasteiger partial charge in [0.05, 0.1) is 5.56 Å². The molecule has 0 aromatic heterocycles. The van der Waals surface area contributed by atoms with Crippen LogP contribution in [-0.4, -0.2) is 29.0 Å². The molecule has 3 nitrogen and oxygen atoms in total. The summed E-state index contributed by atoms with van der Waals surface area (Å²) in [5, 5.41) is 0. The van der Waals surface area contributed by atoms with Crippen LogP contribution in [0.4, 0.5) is 13.2 Å². The number of carbonyl (C=O) groups is 1. The van der Waals surface area contributed by atoms with Crippen LogP contribution < -0.4 is 4.74 Å². The maximum Gasteiger partial charge on any atom is 0.416 e. The minimum atomic E-state index is -4.40. The monoisotopic (exact) mass is 525 g/mol. The number of amides is 1. The Kier molecular flexibility index (Phi) is 7.52. The van der Waals surface area contributed by atoms with Gasteiger partial charge in [0.2, 0.25) is 0 Å². The van der Waals surface area contributed by atoms with Crippen molar-refractivity contribution in [2.45, 2.75) is 74.0 Å². The summed E-state index contributed by atoms with van der Waals surface area (Å²) < 4.78 is 45.1. The van der Waals surface area contributed by atoms with Crippen molar-refractivity contribution in [2.75, 3.05) is 0 Å². The summed E-state index contributed by atoms with van der Waals surface area (Å²) in [6.45, 7) is 2.16. The van der Waals surface area contributed by atoms with Gasteiger partial charge in [-0.05, 0) is 66.8 Å². The minimum Gasteiger partial charge on any atom is -0.490 e. The van der Waals surface area contributed by atoms with E-state index in [0.717, 1.165) is 37.1 Å². The fourth-order valence-corrected chi connectivity index (χ4v) is 6.57. The molecule has 2 heterocycles. The van der Waals surface area contributed by atoms with E-state index in [1.165, 1.54) is 22.1 Å². The first kappa shape index (κ1) is 25.7. The van der Waals surface area contributed by atoms with Crippen molar-refractivity contribution in [1.82, 2.24) is 4.90 Å². The number of hydrogen-bond acceptors (Lipinski definition) is 3. The molecule has 7 heteroatoms. The fourth-order valence-electron chi connectivity index (χ4n) is 5.48. The predicted molar refractivity (Wildman–Crippen MR) is 140 cm³/mol. The second-order valence-electron chi connectivity index (χ2n) is 9.78. The summed E-state index contributed by atoms with van der Waals surface area (Å²) in [4.78, 5) is 16.7. The van der Waals surface area contributed by atoms with E-state index in [1.807, 2.05) is 40.9 Å². The Morgan fingerprint density at radius 2 is 1.68 bits per heavy atom. The average Bonchev–Trinajstić information content (AvgIpc) is 3.17. The Morgan fingerprint density at radius 1 is 0.973 bits per heavy atom. The summed E-state index contributed by atoms with van der Waals surface area (Å²) in [5.74, 6) is 1.10. The molecule has 2 atom stereocenters. The van der Waals surface area contributed by atoms with E-state index >= 15 is 0 Å².